The summed E-state index contributed by atoms with van der Waals surface area (Å²) in [6.07, 6.45) is 2.63. The van der Waals surface area contributed by atoms with Crippen LogP contribution >= 0.6 is 0 Å². The van der Waals surface area contributed by atoms with Gasteiger partial charge in [0, 0.05) is 29.9 Å². The Labute approximate surface area is 158 Å². The monoisotopic (exact) mass is 370 g/mol. The molecule has 0 bridgehead atoms. The van der Waals surface area contributed by atoms with E-state index < -0.39 is 5.82 Å². The molecule has 2 aliphatic heterocycles. The van der Waals surface area contributed by atoms with Crippen molar-refractivity contribution in [1.29, 1.82) is 0 Å². The molecule has 2 aromatic carbocycles. The first-order chi connectivity index (χ1) is 12.8. The highest BCUT2D eigenvalue weighted by atomic mass is 19.1. The van der Waals surface area contributed by atoms with Crippen molar-refractivity contribution >= 4 is 11.6 Å². The zero-order valence-corrected chi connectivity index (χ0v) is 15.7. The summed E-state index contributed by atoms with van der Waals surface area (Å²) in [6, 6.07) is 12.5. The molecule has 5 heteroatoms. The van der Waals surface area contributed by atoms with Gasteiger partial charge in [0.25, 0.3) is 5.91 Å². The summed E-state index contributed by atoms with van der Waals surface area (Å²) in [7, 11) is 0. The Bertz CT molecular complexity index is 882. The average Bonchev–Trinajstić information content (AvgIpc) is 3.14. The summed E-state index contributed by atoms with van der Waals surface area (Å²) in [5.74, 6) is -0.783. The molecule has 0 saturated carbocycles. The van der Waals surface area contributed by atoms with Crippen molar-refractivity contribution in [3.63, 3.8) is 0 Å². The van der Waals surface area contributed by atoms with Crippen molar-refractivity contribution in [2.75, 3.05) is 18.0 Å². The van der Waals surface area contributed by atoms with Crippen LogP contribution in [-0.4, -0.2) is 35.0 Å². The van der Waals surface area contributed by atoms with Crippen LogP contribution in [0.5, 0.6) is 0 Å². The molecular formula is C22H24F2N2O. The number of nitrogens with zero attached hydrogens (tertiary/aromatic N) is 2. The number of benzene rings is 2. The third kappa shape index (κ3) is 3.09. The molecule has 2 saturated heterocycles. The lowest BCUT2D eigenvalue weighted by Crippen LogP contribution is -2.49. The van der Waals surface area contributed by atoms with E-state index in [9.17, 15) is 13.6 Å². The number of hydrogen-bond acceptors (Lipinski definition) is 2. The van der Waals surface area contributed by atoms with Crippen LogP contribution in [0.2, 0.25) is 0 Å². The molecule has 2 aromatic rings. The van der Waals surface area contributed by atoms with Gasteiger partial charge in [-0.25, -0.2) is 8.78 Å². The van der Waals surface area contributed by atoms with E-state index in [1.54, 1.807) is 24.3 Å². The van der Waals surface area contributed by atoms with Gasteiger partial charge in [0.15, 0.2) is 0 Å². The van der Waals surface area contributed by atoms with Crippen LogP contribution in [0, 0.1) is 11.6 Å². The van der Waals surface area contributed by atoms with Crippen molar-refractivity contribution in [2.24, 2.45) is 0 Å². The van der Waals surface area contributed by atoms with E-state index >= 15 is 0 Å². The van der Waals surface area contributed by atoms with Crippen LogP contribution in [0.15, 0.2) is 48.5 Å². The van der Waals surface area contributed by atoms with Gasteiger partial charge in [0.1, 0.15) is 11.6 Å². The smallest absolute Gasteiger partial charge is 0.254 e. The summed E-state index contributed by atoms with van der Waals surface area (Å²) >= 11 is 0. The number of hydrogen-bond donors (Lipinski definition) is 0. The molecular weight excluding hydrogens is 346 g/mol. The maximum absolute atomic E-state index is 13.8. The van der Waals surface area contributed by atoms with Gasteiger partial charge in [-0.05, 0) is 69.5 Å². The standard InChI is InChI=1S/C22H24F2N2O/c1-21(2)14-22(15-26(21)19-9-4-8-18(24)13-19)10-5-11-25(22)20(27)16-6-3-7-17(23)12-16/h3-4,6-9,12-13H,5,10-11,14-15H2,1-2H3. The summed E-state index contributed by atoms with van der Waals surface area (Å²) in [5.41, 5.74) is 0.706. The number of likely N-dealkylation sites (tertiary alicyclic amines) is 1. The van der Waals surface area contributed by atoms with Crippen LogP contribution in [0.3, 0.4) is 0 Å². The molecule has 2 aliphatic rings. The number of anilines is 1. The molecule has 2 heterocycles. The maximum Gasteiger partial charge on any atom is 0.254 e. The molecule has 1 unspecified atom stereocenters. The second kappa shape index (κ2) is 6.32. The Morgan fingerprint density at radius 1 is 1.04 bits per heavy atom. The fourth-order valence-electron chi connectivity index (χ4n) is 4.93. The van der Waals surface area contributed by atoms with Crippen molar-refractivity contribution in [3.8, 4) is 0 Å². The van der Waals surface area contributed by atoms with Crippen molar-refractivity contribution in [1.82, 2.24) is 4.90 Å². The number of rotatable bonds is 2. The number of carbonyl (C=O) groups is 1. The van der Waals surface area contributed by atoms with Gasteiger partial charge in [-0.15, -0.1) is 0 Å². The Morgan fingerprint density at radius 3 is 2.44 bits per heavy atom. The first-order valence-electron chi connectivity index (χ1n) is 9.42. The van der Waals surface area contributed by atoms with E-state index in [1.807, 2.05) is 11.0 Å². The van der Waals surface area contributed by atoms with E-state index in [0.29, 0.717) is 18.7 Å². The SMILES string of the molecule is CC1(C)CC2(CCCN2C(=O)c2cccc(F)c2)CN1c1cccc(F)c1. The molecule has 4 rings (SSSR count). The predicted molar refractivity (Wildman–Crippen MR) is 102 cm³/mol. The van der Waals surface area contributed by atoms with Crippen molar-refractivity contribution in [2.45, 2.75) is 44.2 Å². The third-order valence-electron chi connectivity index (χ3n) is 5.98. The normalized spacial score (nSPS) is 24.0. The van der Waals surface area contributed by atoms with Crippen LogP contribution in [-0.2, 0) is 0 Å². The minimum Gasteiger partial charge on any atom is -0.364 e. The molecule has 0 N–H and O–H groups in total. The van der Waals surface area contributed by atoms with Crippen LogP contribution in [0.4, 0.5) is 14.5 Å². The molecule has 1 atom stereocenters. The van der Waals surface area contributed by atoms with Gasteiger partial charge in [-0.2, -0.15) is 0 Å². The summed E-state index contributed by atoms with van der Waals surface area (Å²) in [5, 5.41) is 0. The maximum atomic E-state index is 13.8. The zero-order valence-electron chi connectivity index (χ0n) is 15.7. The minimum absolute atomic E-state index is 0.121. The quantitative estimate of drug-likeness (QED) is 0.770. The molecule has 2 fully saturated rings. The van der Waals surface area contributed by atoms with Gasteiger partial charge < -0.3 is 9.80 Å². The van der Waals surface area contributed by atoms with Gasteiger partial charge in [-0.1, -0.05) is 12.1 Å². The highest BCUT2D eigenvalue weighted by Gasteiger charge is 2.54. The predicted octanol–water partition coefficient (Wildman–Crippen LogP) is 4.63. The number of carbonyl (C=O) groups excluding carboxylic acids is 1. The van der Waals surface area contributed by atoms with Crippen molar-refractivity contribution < 1.29 is 13.6 Å². The van der Waals surface area contributed by atoms with E-state index in [1.165, 1.54) is 18.2 Å². The Balaban J connectivity index is 1.67. The summed E-state index contributed by atoms with van der Waals surface area (Å²) in [4.78, 5) is 17.3. The first kappa shape index (κ1) is 18.0. The zero-order chi connectivity index (χ0) is 19.2. The second-order valence-electron chi connectivity index (χ2n) is 8.35. The fourth-order valence-corrected chi connectivity index (χ4v) is 4.93. The second-order valence-corrected chi connectivity index (χ2v) is 8.35. The largest absolute Gasteiger partial charge is 0.364 e. The Hall–Kier alpha value is -2.43. The Kier molecular flexibility index (Phi) is 4.21. The van der Waals surface area contributed by atoms with Crippen LogP contribution in [0.1, 0.15) is 43.5 Å². The van der Waals surface area contributed by atoms with Crippen LogP contribution in [0.25, 0.3) is 0 Å². The molecule has 0 radical (unpaired) electrons. The van der Waals surface area contributed by atoms with Gasteiger partial charge in [0.05, 0.1) is 5.54 Å². The van der Waals surface area contributed by atoms with Gasteiger partial charge in [0.2, 0.25) is 0 Å². The Morgan fingerprint density at radius 2 is 1.74 bits per heavy atom. The lowest BCUT2D eigenvalue weighted by atomic mass is 9.87. The molecule has 3 nitrogen and oxygen atoms in total. The number of amides is 1. The topological polar surface area (TPSA) is 23.6 Å². The molecule has 0 aliphatic carbocycles. The van der Waals surface area contributed by atoms with Gasteiger partial charge in [-0.3, -0.25) is 4.79 Å². The minimum atomic E-state index is -0.401. The molecule has 142 valence electrons. The highest BCUT2D eigenvalue weighted by molar-refractivity contribution is 5.95. The summed E-state index contributed by atoms with van der Waals surface area (Å²) < 4.78 is 27.4. The number of halogens is 2. The average molecular weight is 370 g/mol. The fraction of sp³-hybridized carbons (Fsp3) is 0.409. The van der Waals surface area contributed by atoms with Gasteiger partial charge >= 0.3 is 0 Å². The van der Waals surface area contributed by atoms with Crippen molar-refractivity contribution in [3.05, 3.63) is 65.7 Å². The lowest BCUT2D eigenvalue weighted by Gasteiger charge is -2.35. The van der Waals surface area contributed by atoms with E-state index in [2.05, 4.69) is 18.7 Å². The van der Waals surface area contributed by atoms with Crippen LogP contribution < -0.4 is 4.90 Å². The summed E-state index contributed by atoms with van der Waals surface area (Å²) in [6.45, 7) is 5.60. The highest BCUT2D eigenvalue weighted by Crippen LogP contribution is 2.47. The van der Waals surface area contributed by atoms with E-state index in [0.717, 1.165) is 24.9 Å². The third-order valence-corrected chi connectivity index (χ3v) is 5.98. The molecule has 1 amide bonds. The molecule has 27 heavy (non-hydrogen) atoms. The first-order valence-corrected chi connectivity index (χ1v) is 9.42. The lowest BCUT2D eigenvalue weighted by molar-refractivity contribution is 0.0617. The van der Waals surface area contributed by atoms with E-state index in [-0.39, 0.29) is 22.8 Å². The van der Waals surface area contributed by atoms with E-state index in [4.69, 9.17) is 0 Å². The molecule has 0 aromatic heterocycles. The molecule has 1 spiro atoms.